The molecule has 1 aliphatic carbocycles. The first kappa shape index (κ1) is 13.2. The molecule has 3 heteroatoms. The normalized spacial score (nSPS) is 14.6. The van der Waals surface area contributed by atoms with Gasteiger partial charge in [0.1, 0.15) is 0 Å². The van der Waals surface area contributed by atoms with Crippen LogP contribution in [0.1, 0.15) is 38.3 Å². The van der Waals surface area contributed by atoms with Gasteiger partial charge in [0.15, 0.2) is 0 Å². The summed E-state index contributed by atoms with van der Waals surface area (Å²) in [6.07, 6.45) is 2.58. The van der Waals surface area contributed by atoms with E-state index in [1.807, 2.05) is 7.05 Å². The topological polar surface area (TPSA) is 28.2 Å². The average molecular weight is 269 g/mol. The predicted octanol–water partition coefficient (Wildman–Crippen LogP) is 4.00. The molecule has 0 radical (unpaired) electrons. The van der Waals surface area contributed by atoms with Crippen LogP contribution >= 0.6 is 0 Å². The van der Waals surface area contributed by atoms with E-state index in [0.29, 0.717) is 5.92 Å². The van der Waals surface area contributed by atoms with Crippen molar-refractivity contribution in [1.29, 1.82) is 0 Å². The molecule has 1 N–H and O–H groups in total. The molecule has 0 unspecified atom stereocenters. The second kappa shape index (κ2) is 5.31. The van der Waals surface area contributed by atoms with Crippen LogP contribution in [0.15, 0.2) is 24.3 Å². The van der Waals surface area contributed by atoms with E-state index in [1.165, 1.54) is 35.3 Å². The van der Waals surface area contributed by atoms with Crippen molar-refractivity contribution in [3.63, 3.8) is 0 Å². The number of hydrogen-bond donors (Lipinski definition) is 1. The van der Waals surface area contributed by atoms with Gasteiger partial charge in [0.05, 0.1) is 5.52 Å². The van der Waals surface area contributed by atoms with Crippen LogP contribution in [-0.2, 0) is 0 Å². The monoisotopic (exact) mass is 269 g/mol. The van der Waals surface area contributed by atoms with Gasteiger partial charge in [-0.05, 0) is 51.0 Å². The van der Waals surface area contributed by atoms with Crippen molar-refractivity contribution in [2.24, 2.45) is 0 Å². The third-order valence-corrected chi connectivity index (χ3v) is 4.21. The number of rotatable bonds is 5. The molecule has 2 aromatic rings. The van der Waals surface area contributed by atoms with Crippen LogP contribution in [0.2, 0.25) is 0 Å². The summed E-state index contributed by atoms with van der Waals surface area (Å²) < 4.78 is 0. The first-order valence-corrected chi connectivity index (χ1v) is 7.64. The van der Waals surface area contributed by atoms with Crippen LogP contribution in [0.5, 0.6) is 0 Å². The molecule has 0 amide bonds. The van der Waals surface area contributed by atoms with Crippen molar-refractivity contribution < 1.29 is 0 Å². The summed E-state index contributed by atoms with van der Waals surface area (Å²) in [5.74, 6) is 0.689. The first-order valence-electron chi connectivity index (χ1n) is 7.64. The van der Waals surface area contributed by atoms with Crippen molar-refractivity contribution >= 4 is 22.3 Å². The highest BCUT2D eigenvalue weighted by atomic mass is 15.1. The zero-order chi connectivity index (χ0) is 14.1. The van der Waals surface area contributed by atoms with E-state index in [0.717, 1.165) is 18.6 Å². The Morgan fingerprint density at radius 2 is 1.95 bits per heavy atom. The van der Waals surface area contributed by atoms with Crippen molar-refractivity contribution in [2.75, 3.05) is 30.4 Å². The van der Waals surface area contributed by atoms with E-state index >= 15 is 0 Å². The number of pyridine rings is 1. The quantitative estimate of drug-likeness (QED) is 0.889. The lowest BCUT2D eigenvalue weighted by atomic mass is 10.1. The molecular formula is C17H23N3. The minimum absolute atomic E-state index is 0.689. The highest BCUT2D eigenvalue weighted by Gasteiger charge is 2.25. The van der Waals surface area contributed by atoms with Crippen molar-refractivity contribution in [1.82, 2.24) is 4.98 Å². The predicted molar refractivity (Wildman–Crippen MR) is 86.8 cm³/mol. The van der Waals surface area contributed by atoms with Gasteiger partial charge >= 0.3 is 0 Å². The van der Waals surface area contributed by atoms with Gasteiger partial charge in [-0.1, -0.05) is 0 Å². The fourth-order valence-electron chi connectivity index (χ4n) is 2.81. The molecule has 3 nitrogen and oxygen atoms in total. The largest absolute Gasteiger partial charge is 0.388 e. The van der Waals surface area contributed by atoms with Crippen LogP contribution < -0.4 is 10.2 Å². The lowest BCUT2D eigenvalue weighted by Crippen LogP contribution is -2.21. The molecule has 20 heavy (non-hydrogen) atoms. The molecule has 0 aliphatic heterocycles. The molecule has 0 atom stereocenters. The summed E-state index contributed by atoms with van der Waals surface area (Å²) in [5, 5.41) is 4.56. The smallest absolute Gasteiger partial charge is 0.0727 e. The average Bonchev–Trinajstić information content (AvgIpc) is 3.32. The third kappa shape index (κ3) is 2.33. The van der Waals surface area contributed by atoms with Crippen LogP contribution in [0.3, 0.4) is 0 Å². The highest BCUT2D eigenvalue weighted by Crippen LogP contribution is 2.41. The minimum Gasteiger partial charge on any atom is -0.388 e. The number of anilines is 2. The Kier molecular flexibility index (Phi) is 3.51. The molecule has 106 valence electrons. The SMILES string of the molecule is CCN(CC)c1ccc2nc(C3CC3)cc(NC)c2c1. The summed E-state index contributed by atoms with van der Waals surface area (Å²) >= 11 is 0. The van der Waals surface area contributed by atoms with E-state index in [-0.39, 0.29) is 0 Å². The third-order valence-electron chi connectivity index (χ3n) is 4.21. The van der Waals surface area contributed by atoms with Gasteiger partial charge in [0.2, 0.25) is 0 Å². The van der Waals surface area contributed by atoms with Crippen molar-refractivity contribution in [2.45, 2.75) is 32.6 Å². The number of fused-ring (bicyclic) bond motifs is 1. The summed E-state index contributed by atoms with van der Waals surface area (Å²) in [6.45, 7) is 6.46. The Bertz CT molecular complexity index is 613. The molecule has 0 saturated heterocycles. The number of nitrogens with zero attached hydrogens (tertiary/aromatic N) is 2. The van der Waals surface area contributed by atoms with Gasteiger partial charge in [-0.25, -0.2) is 0 Å². The maximum atomic E-state index is 4.84. The zero-order valence-electron chi connectivity index (χ0n) is 12.6. The number of benzene rings is 1. The van der Waals surface area contributed by atoms with Gasteiger partial charge in [-0.2, -0.15) is 0 Å². The lowest BCUT2D eigenvalue weighted by molar-refractivity contribution is 0.867. The number of hydrogen-bond acceptors (Lipinski definition) is 3. The van der Waals surface area contributed by atoms with Gasteiger partial charge < -0.3 is 10.2 Å². The van der Waals surface area contributed by atoms with Gasteiger partial charge in [0, 0.05) is 48.5 Å². The number of aromatic nitrogens is 1. The molecule has 1 aromatic carbocycles. The molecule has 1 aromatic heterocycles. The Labute approximate surface area is 121 Å². The van der Waals surface area contributed by atoms with E-state index < -0.39 is 0 Å². The molecular weight excluding hydrogens is 246 g/mol. The van der Waals surface area contributed by atoms with Crippen molar-refractivity contribution in [3.8, 4) is 0 Å². The van der Waals surface area contributed by atoms with Crippen molar-refractivity contribution in [3.05, 3.63) is 30.0 Å². The van der Waals surface area contributed by atoms with Crippen LogP contribution in [0, 0.1) is 0 Å². The van der Waals surface area contributed by atoms with E-state index in [9.17, 15) is 0 Å². The second-order valence-corrected chi connectivity index (χ2v) is 5.49. The molecule has 1 heterocycles. The molecule has 3 rings (SSSR count). The summed E-state index contributed by atoms with van der Waals surface area (Å²) in [4.78, 5) is 7.21. The Morgan fingerprint density at radius 1 is 1.20 bits per heavy atom. The first-order chi connectivity index (χ1) is 9.76. The number of nitrogens with one attached hydrogen (secondary N) is 1. The molecule has 0 bridgehead atoms. The van der Waals surface area contributed by atoms with E-state index in [4.69, 9.17) is 4.98 Å². The fraction of sp³-hybridized carbons (Fsp3) is 0.471. The maximum Gasteiger partial charge on any atom is 0.0727 e. The van der Waals surface area contributed by atoms with E-state index in [1.54, 1.807) is 0 Å². The Balaban J connectivity index is 2.10. The summed E-state index contributed by atoms with van der Waals surface area (Å²) in [6, 6.07) is 8.85. The zero-order valence-corrected chi connectivity index (χ0v) is 12.6. The second-order valence-electron chi connectivity index (χ2n) is 5.49. The van der Waals surface area contributed by atoms with Crippen LogP contribution in [0.25, 0.3) is 10.9 Å². The van der Waals surface area contributed by atoms with Crippen LogP contribution in [-0.4, -0.2) is 25.1 Å². The Morgan fingerprint density at radius 3 is 2.55 bits per heavy atom. The van der Waals surface area contributed by atoms with Crippen LogP contribution in [0.4, 0.5) is 11.4 Å². The summed E-state index contributed by atoms with van der Waals surface area (Å²) in [5.41, 5.74) is 4.83. The standard InChI is InChI=1S/C17H23N3/c1-4-20(5-2)13-8-9-15-14(10-13)17(18-3)11-16(19-15)12-6-7-12/h8-12H,4-7H2,1-3H3,(H,18,19). The minimum atomic E-state index is 0.689. The molecule has 1 aliphatic rings. The van der Waals surface area contributed by atoms with E-state index in [2.05, 4.69) is 48.3 Å². The van der Waals surface area contributed by atoms with Gasteiger partial charge in [-0.15, -0.1) is 0 Å². The van der Waals surface area contributed by atoms with Gasteiger partial charge in [-0.3, -0.25) is 4.98 Å². The fourth-order valence-corrected chi connectivity index (χ4v) is 2.81. The lowest BCUT2D eigenvalue weighted by Gasteiger charge is -2.22. The molecule has 1 fully saturated rings. The summed E-state index contributed by atoms with van der Waals surface area (Å²) in [7, 11) is 2.00. The Hall–Kier alpha value is -1.77. The van der Waals surface area contributed by atoms with Gasteiger partial charge in [0.25, 0.3) is 0 Å². The highest BCUT2D eigenvalue weighted by molar-refractivity contribution is 5.94. The molecule has 1 saturated carbocycles. The molecule has 0 spiro atoms. The maximum absolute atomic E-state index is 4.84.